The fourth-order valence-electron chi connectivity index (χ4n) is 1.58. The van der Waals surface area contributed by atoms with Crippen molar-refractivity contribution in [1.29, 1.82) is 0 Å². The van der Waals surface area contributed by atoms with E-state index in [-0.39, 0.29) is 17.5 Å². The largest absolute Gasteiger partial charge is 0.324 e. The van der Waals surface area contributed by atoms with Gasteiger partial charge in [-0.25, -0.2) is 8.42 Å². The highest BCUT2D eigenvalue weighted by Gasteiger charge is 2.11. The average Bonchev–Trinajstić information content (AvgIpc) is 2.32. The highest BCUT2D eigenvalue weighted by atomic mass is 79.9. The minimum absolute atomic E-state index is 0.178. The van der Waals surface area contributed by atoms with Gasteiger partial charge in [-0.05, 0) is 46.5 Å². The molecule has 0 bridgehead atoms. The second-order valence-corrected chi connectivity index (χ2v) is 7.89. The molecule has 1 aromatic carbocycles. The lowest BCUT2D eigenvalue weighted by Crippen LogP contribution is -2.14. The van der Waals surface area contributed by atoms with Gasteiger partial charge >= 0.3 is 0 Å². The molecule has 0 amide bonds. The van der Waals surface area contributed by atoms with Gasteiger partial charge < -0.3 is 5.73 Å². The molecule has 0 fully saturated rings. The third kappa shape index (κ3) is 4.88. The van der Waals surface area contributed by atoms with Crippen LogP contribution in [-0.2, 0) is 9.84 Å². The maximum atomic E-state index is 11.3. The van der Waals surface area contributed by atoms with Crippen LogP contribution in [0.3, 0.4) is 0 Å². The van der Waals surface area contributed by atoms with Crippen LogP contribution in [0.5, 0.6) is 0 Å². The van der Waals surface area contributed by atoms with Crippen molar-refractivity contribution < 1.29 is 8.42 Å². The summed E-state index contributed by atoms with van der Waals surface area (Å²) in [5.41, 5.74) is 6.94. The quantitative estimate of drug-likeness (QED) is 0.852. The molecule has 6 heteroatoms. The fraction of sp³-hybridized carbons (Fsp3) is 0.500. The van der Waals surface area contributed by atoms with E-state index in [1.54, 1.807) is 6.92 Å². The highest BCUT2D eigenvalue weighted by Crippen LogP contribution is 2.26. The van der Waals surface area contributed by atoms with E-state index < -0.39 is 9.84 Å². The molecule has 0 saturated heterocycles. The fourth-order valence-corrected chi connectivity index (χ4v) is 2.91. The van der Waals surface area contributed by atoms with E-state index in [0.717, 1.165) is 10.0 Å². The third-order valence-electron chi connectivity index (χ3n) is 2.78. The normalized spacial score (nSPS) is 13.6. The Kier molecular flexibility index (Phi) is 6.11. The Labute approximate surface area is 122 Å². The molecular weight excluding hydrogens is 338 g/mol. The van der Waals surface area contributed by atoms with Crippen LogP contribution in [-0.4, -0.2) is 19.9 Å². The second-order valence-electron chi connectivity index (χ2n) is 4.16. The summed E-state index contributed by atoms with van der Waals surface area (Å²) in [7, 11) is -2.90. The number of halogens is 2. The van der Waals surface area contributed by atoms with Crippen LogP contribution in [0.15, 0.2) is 22.7 Å². The molecule has 18 heavy (non-hydrogen) atoms. The Hall–Kier alpha value is -0.100. The van der Waals surface area contributed by atoms with Gasteiger partial charge in [0.2, 0.25) is 0 Å². The van der Waals surface area contributed by atoms with Crippen molar-refractivity contribution in [2.75, 3.05) is 11.5 Å². The summed E-state index contributed by atoms with van der Waals surface area (Å²) in [5, 5.41) is 0.615. The summed E-state index contributed by atoms with van der Waals surface area (Å²) in [5.74, 6) is 0.383. The van der Waals surface area contributed by atoms with E-state index in [2.05, 4.69) is 15.9 Å². The molecule has 0 aromatic heterocycles. The van der Waals surface area contributed by atoms with Gasteiger partial charge in [0.05, 0.1) is 10.8 Å². The first-order chi connectivity index (χ1) is 8.35. The molecule has 0 aliphatic carbocycles. The van der Waals surface area contributed by atoms with E-state index in [0.29, 0.717) is 17.9 Å². The predicted molar refractivity (Wildman–Crippen MR) is 79.6 cm³/mol. The number of benzene rings is 1. The van der Waals surface area contributed by atoms with E-state index in [9.17, 15) is 8.42 Å². The lowest BCUT2D eigenvalue weighted by Gasteiger charge is -2.12. The van der Waals surface area contributed by atoms with Crippen molar-refractivity contribution in [1.82, 2.24) is 0 Å². The molecule has 0 radical (unpaired) electrons. The molecule has 102 valence electrons. The molecule has 1 aromatic rings. The zero-order chi connectivity index (χ0) is 13.8. The van der Waals surface area contributed by atoms with E-state index >= 15 is 0 Å². The third-order valence-corrected chi connectivity index (χ3v) is 5.80. The predicted octanol–water partition coefficient (Wildman–Crippen LogP) is 3.32. The van der Waals surface area contributed by atoms with Crippen molar-refractivity contribution in [2.24, 2.45) is 5.73 Å². The van der Waals surface area contributed by atoms with Crippen molar-refractivity contribution >= 4 is 37.4 Å². The highest BCUT2D eigenvalue weighted by molar-refractivity contribution is 9.10. The molecule has 3 nitrogen and oxygen atoms in total. The van der Waals surface area contributed by atoms with Crippen LogP contribution in [0.25, 0.3) is 0 Å². The summed E-state index contributed by atoms with van der Waals surface area (Å²) >= 11 is 9.30. The summed E-state index contributed by atoms with van der Waals surface area (Å²) < 4.78 is 23.5. The van der Waals surface area contributed by atoms with Crippen molar-refractivity contribution in [3.05, 3.63) is 33.3 Å². The number of rotatable bonds is 6. The molecule has 0 spiro atoms. The van der Waals surface area contributed by atoms with E-state index in [1.165, 1.54) is 0 Å². The summed E-state index contributed by atoms with van der Waals surface area (Å²) in [6, 6.07) is 5.38. The topological polar surface area (TPSA) is 60.2 Å². The van der Waals surface area contributed by atoms with E-state index in [1.807, 2.05) is 18.2 Å². The van der Waals surface area contributed by atoms with Crippen LogP contribution < -0.4 is 5.73 Å². The summed E-state index contributed by atoms with van der Waals surface area (Å²) in [6.45, 7) is 1.66. The molecule has 2 N–H and O–H groups in total. The maximum Gasteiger partial charge on any atom is 0.150 e. The van der Waals surface area contributed by atoms with Gasteiger partial charge in [0, 0.05) is 16.3 Å². The number of sulfone groups is 1. The Morgan fingerprint density at radius 3 is 2.67 bits per heavy atom. The van der Waals surface area contributed by atoms with Gasteiger partial charge in [-0.1, -0.05) is 24.6 Å². The zero-order valence-electron chi connectivity index (χ0n) is 10.2. The Balaban J connectivity index is 2.55. The monoisotopic (exact) mass is 353 g/mol. The van der Waals surface area contributed by atoms with Crippen molar-refractivity contribution in [3.63, 3.8) is 0 Å². The van der Waals surface area contributed by atoms with Gasteiger partial charge in [-0.15, -0.1) is 0 Å². The lowest BCUT2D eigenvalue weighted by atomic mass is 10.0. The molecule has 0 aliphatic rings. The van der Waals surface area contributed by atoms with Crippen LogP contribution in [0, 0.1) is 0 Å². The summed E-state index contributed by atoms with van der Waals surface area (Å²) in [4.78, 5) is 0. The van der Waals surface area contributed by atoms with Gasteiger partial charge in [0.1, 0.15) is 9.84 Å². The molecule has 0 aliphatic heterocycles. The van der Waals surface area contributed by atoms with Crippen LogP contribution in [0.4, 0.5) is 0 Å². The Morgan fingerprint density at radius 2 is 2.11 bits per heavy atom. The number of nitrogens with two attached hydrogens (primary N) is 1. The standard InChI is InChI=1S/C12H17BrClNO2S/c1-2-18(16,17)7-3-4-12(15)9-5-6-10(13)11(14)8-9/h5-6,8,12H,2-4,7,15H2,1H3. The minimum Gasteiger partial charge on any atom is -0.324 e. The van der Waals surface area contributed by atoms with Crippen LogP contribution in [0.1, 0.15) is 31.4 Å². The number of hydrogen-bond donors (Lipinski definition) is 1. The van der Waals surface area contributed by atoms with E-state index in [4.69, 9.17) is 17.3 Å². The smallest absolute Gasteiger partial charge is 0.150 e. The molecule has 0 heterocycles. The zero-order valence-corrected chi connectivity index (χ0v) is 13.4. The second kappa shape index (κ2) is 6.89. The first-order valence-corrected chi connectivity index (χ1v) is 8.76. The maximum absolute atomic E-state index is 11.3. The molecule has 0 saturated carbocycles. The van der Waals surface area contributed by atoms with Gasteiger partial charge in [0.15, 0.2) is 0 Å². The SMILES string of the molecule is CCS(=O)(=O)CCCC(N)c1ccc(Br)c(Cl)c1. The average molecular weight is 355 g/mol. The molecule has 1 atom stereocenters. The van der Waals surface area contributed by atoms with Crippen LogP contribution >= 0.6 is 27.5 Å². The van der Waals surface area contributed by atoms with Gasteiger partial charge in [0.25, 0.3) is 0 Å². The van der Waals surface area contributed by atoms with Gasteiger partial charge in [-0.3, -0.25) is 0 Å². The minimum atomic E-state index is -2.90. The van der Waals surface area contributed by atoms with Crippen molar-refractivity contribution in [3.8, 4) is 0 Å². The molecular formula is C12H17BrClNO2S. The summed E-state index contributed by atoms with van der Waals surface area (Å²) in [6.07, 6.45) is 1.21. The Bertz CT molecular complexity index is 505. The first-order valence-electron chi connectivity index (χ1n) is 5.76. The number of hydrogen-bond acceptors (Lipinski definition) is 3. The van der Waals surface area contributed by atoms with Gasteiger partial charge in [-0.2, -0.15) is 0 Å². The van der Waals surface area contributed by atoms with Crippen LogP contribution in [0.2, 0.25) is 5.02 Å². The van der Waals surface area contributed by atoms with Crippen molar-refractivity contribution in [2.45, 2.75) is 25.8 Å². The lowest BCUT2D eigenvalue weighted by molar-refractivity contribution is 0.584. The molecule has 1 unspecified atom stereocenters. The molecule has 1 rings (SSSR count). The Morgan fingerprint density at radius 1 is 1.44 bits per heavy atom. The first kappa shape index (κ1) is 16.0.